The van der Waals surface area contributed by atoms with Crippen molar-refractivity contribution in [2.75, 3.05) is 0 Å². The minimum absolute atomic E-state index is 0.0533. The van der Waals surface area contributed by atoms with Gasteiger partial charge in [-0.2, -0.15) is 9.78 Å². The van der Waals surface area contributed by atoms with Crippen molar-refractivity contribution in [3.8, 4) is 17.3 Å². The number of aromatic nitrogens is 2. The number of benzene rings is 3. The Kier molecular flexibility index (Phi) is 5.90. The molecule has 0 saturated carbocycles. The molecule has 0 radical (unpaired) electrons. The number of hydrogen-bond acceptors (Lipinski definition) is 5. The van der Waals surface area contributed by atoms with Gasteiger partial charge in [0.15, 0.2) is 5.76 Å². The van der Waals surface area contributed by atoms with Crippen molar-refractivity contribution in [1.29, 1.82) is 0 Å². The molecule has 0 aliphatic rings. The molecule has 0 bridgehead atoms. The number of ether oxygens (including phenoxy) is 1. The first kappa shape index (κ1) is 21.9. The van der Waals surface area contributed by atoms with Crippen LogP contribution in [-0.4, -0.2) is 22.0 Å². The molecule has 0 amide bonds. The molecule has 0 fully saturated rings. The van der Waals surface area contributed by atoms with Crippen molar-refractivity contribution < 1.29 is 9.15 Å². The largest absolute Gasteiger partial charge is 0.490 e. The van der Waals surface area contributed by atoms with Gasteiger partial charge < -0.3 is 9.15 Å². The van der Waals surface area contributed by atoms with E-state index in [1.165, 1.54) is 4.68 Å². The fraction of sp³-hybridized carbons (Fsp3) is 0.148. The molecule has 0 unspecified atom stereocenters. The number of halogens is 1. The van der Waals surface area contributed by atoms with E-state index in [4.69, 9.17) is 25.7 Å². The molecule has 0 spiro atoms. The maximum atomic E-state index is 13.4. The lowest BCUT2D eigenvalue weighted by atomic mass is 10.2. The molecule has 7 heteroatoms. The number of para-hydroxylation sites is 2. The topological polar surface area (TPSA) is 69.6 Å². The van der Waals surface area contributed by atoms with Gasteiger partial charge in [-0.1, -0.05) is 42.8 Å². The first-order valence-electron chi connectivity index (χ1n) is 11.0. The molecule has 3 aromatic carbocycles. The maximum absolute atomic E-state index is 13.4. The third kappa shape index (κ3) is 4.20. The second kappa shape index (κ2) is 9.15. The summed E-state index contributed by atoms with van der Waals surface area (Å²) in [6, 6.07) is 21.9. The van der Waals surface area contributed by atoms with Gasteiger partial charge in [0.2, 0.25) is 5.82 Å². The highest BCUT2D eigenvalue weighted by Gasteiger charge is 2.17. The summed E-state index contributed by atoms with van der Waals surface area (Å²) in [5.74, 6) is 1.41. The summed E-state index contributed by atoms with van der Waals surface area (Å²) in [7, 11) is 0. The lowest BCUT2D eigenvalue weighted by Gasteiger charge is -2.14. The molecule has 2 heterocycles. The Labute approximate surface area is 201 Å². The SMILES string of the molecule is CC[C@@H](C)Oc1ccccc1C=Nn1c(-c2cc3cc(Cl)ccc3o2)nc2ccccc2c1=O. The molecule has 5 rings (SSSR count). The Balaban J connectivity index is 1.68. The van der Waals surface area contributed by atoms with Crippen LogP contribution < -0.4 is 10.3 Å². The molecule has 5 aromatic rings. The van der Waals surface area contributed by atoms with Crippen molar-refractivity contribution in [3.63, 3.8) is 0 Å². The van der Waals surface area contributed by atoms with Gasteiger partial charge in [0.1, 0.15) is 11.3 Å². The molecule has 0 aliphatic carbocycles. The van der Waals surface area contributed by atoms with E-state index in [-0.39, 0.29) is 11.7 Å². The molecular formula is C27H22ClN3O3. The summed E-state index contributed by atoms with van der Waals surface area (Å²) >= 11 is 6.14. The summed E-state index contributed by atoms with van der Waals surface area (Å²) in [4.78, 5) is 18.1. The highest BCUT2D eigenvalue weighted by atomic mass is 35.5. The third-order valence-corrected chi connectivity index (χ3v) is 5.82. The molecule has 34 heavy (non-hydrogen) atoms. The molecule has 0 saturated heterocycles. The number of rotatable bonds is 6. The van der Waals surface area contributed by atoms with E-state index >= 15 is 0 Å². The fourth-order valence-corrected chi connectivity index (χ4v) is 3.81. The van der Waals surface area contributed by atoms with E-state index < -0.39 is 0 Å². The fourth-order valence-electron chi connectivity index (χ4n) is 3.63. The Bertz CT molecular complexity index is 1590. The highest BCUT2D eigenvalue weighted by Crippen LogP contribution is 2.29. The second-order valence-electron chi connectivity index (χ2n) is 7.98. The number of hydrogen-bond donors (Lipinski definition) is 0. The monoisotopic (exact) mass is 471 g/mol. The molecule has 1 atom stereocenters. The Morgan fingerprint density at radius 1 is 1.12 bits per heavy atom. The van der Waals surface area contributed by atoms with E-state index in [9.17, 15) is 4.79 Å². The second-order valence-corrected chi connectivity index (χ2v) is 8.42. The zero-order valence-corrected chi connectivity index (χ0v) is 19.5. The summed E-state index contributed by atoms with van der Waals surface area (Å²) in [6.07, 6.45) is 2.54. The normalized spacial score (nSPS) is 12.6. The van der Waals surface area contributed by atoms with Crippen molar-refractivity contribution in [2.24, 2.45) is 5.10 Å². The van der Waals surface area contributed by atoms with Crippen LogP contribution in [0.1, 0.15) is 25.8 Å². The van der Waals surface area contributed by atoms with Gasteiger partial charge in [-0.3, -0.25) is 4.79 Å². The van der Waals surface area contributed by atoms with Crippen LogP contribution in [0.3, 0.4) is 0 Å². The van der Waals surface area contributed by atoms with Gasteiger partial charge in [-0.25, -0.2) is 4.98 Å². The Hall–Kier alpha value is -3.90. The summed E-state index contributed by atoms with van der Waals surface area (Å²) in [5, 5.41) is 6.41. The molecule has 170 valence electrons. The van der Waals surface area contributed by atoms with Gasteiger partial charge in [0.25, 0.3) is 5.56 Å². The van der Waals surface area contributed by atoms with Gasteiger partial charge in [0, 0.05) is 16.0 Å². The Morgan fingerprint density at radius 3 is 2.76 bits per heavy atom. The average Bonchev–Trinajstić information content (AvgIpc) is 3.27. The Morgan fingerprint density at radius 2 is 1.91 bits per heavy atom. The van der Waals surface area contributed by atoms with E-state index in [1.54, 1.807) is 42.6 Å². The minimum atomic E-state index is -0.296. The predicted octanol–water partition coefficient (Wildman–Crippen LogP) is 6.52. The van der Waals surface area contributed by atoms with Crippen molar-refractivity contribution in [1.82, 2.24) is 9.66 Å². The first-order valence-corrected chi connectivity index (χ1v) is 11.4. The van der Waals surface area contributed by atoms with E-state index in [1.807, 2.05) is 43.3 Å². The first-order chi connectivity index (χ1) is 16.5. The van der Waals surface area contributed by atoms with Gasteiger partial charge in [-0.15, -0.1) is 0 Å². The lowest BCUT2D eigenvalue weighted by molar-refractivity contribution is 0.217. The zero-order valence-electron chi connectivity index (χ0n) is 18.7. The zero-order chi connectivity index (χ0) is 23.7. The van der Waals surface area contributed by atoms with Crippen LogP contribution in [0, 0.1) is 0 Å². The maximum Gasteiger partial charge on any atom is 0.282 e. The number of nitrogens with zero attached hydrogens (tertiary/aromatic N) is 3. The van der Waals surface area contributed by atoms with Crippen molar-refractivity contribution in [2.45, 2.75) is 26.4 Å². The number of furan rings is 1. The van der Waals surface area contributed by atoms with Crippen LogP contribution in [0.5, 0.6) is 5.75 Å². The molecule has 2 aromatic heterocycles. The summed E-state index contributed by atoms with van der Waals surface area (Å²) in [5.41, 5.74) is 1.67. The van der Waals surface area contributed by atoms with E-state index in [0.717, 1.165) is 17.4 Å². The highest BCUT2D eigenvalue weighted by molar-refractivity contribution is 6.31. The molecule has 6 nitrogen and oxygen atoms in total. The number of fused-ring (bicyclic) bond motifs is 2. The molecular weight excluding hydrogens is 450 g/mol. The summed E-state index contributed by atoms with van der Waals surface area (Å²) in [6.45, 7) is 4.08. The average molecular weight is 472 g/mol. The smallest absolute Gasteiger partial charge is 0.282 e. The van der Waals surface area contributed by atoms with Gasteiger partial charge in [0.05, 0.1) is 23.2 Å². The van der Waals surface area contributed by atoms with Crippen LogP contribution in [-0.2, 0) is 0 Å². The summed E-state index contributed by atoms with van der Waals surface area (Å²) < 4.78 is 13.3. The van der Waals surface area contributed by atoms with Crippen molar-refractivity contribution >= 4 is 39.7 Å². The van der Waals surface area contributed by atoms with Crippen LogP contribution in [0.4, 0.5) is 0 Å². The lowest BCUT2D eigenvalue weighted by Crippen LogP contribution is -2.20. The molecule has 0 N–H and O–H groups in total. The van der Waals surface area contributed by atoms with Crippen LogP contribution in [0.25, 0.3) is 33.5 Å². The predicted molar refractivity (Wildman–Crippen MR) is 136 cm³/mol. The van der Waals surface area contributed by atoms with E-state index in [2.05, 4.69) is 12.0 Å². The van der Waals surface area contributed by atoms with E-state index in [0.29, 0.717) is 38.8 Å². The quantitative estimate of drug-likeness (QED) is 0.264. The minimum Gasteiger partial charge on any atom is -0.490 e. The van der Waals surface area contributed by atoms with Crippen molar-refractivity contribution in [3.05, 3.63) is 93.7 Å². The third-order valence-electron chi connectivity index (χ3n) is 5.59. The van der Waals surface area contributed by atoms with Crippen LogP contribution >= 0.6 is 11.6 Å². The van der Waals surface area contributed by atoms with Crippen LogP contribution in [0.15, 0.2) is 87.1 Å². The molecule has 0 aliphatic heterocycles. The van der Waals surface area contributed by atoms with Gasteiger partial charge in [-0.05, 0) is 61.9 Å². The van der Waals surface area contributed by atoms with Gasteiger partial charge >= 0.3 is 0 Å². The standard InChI is InChI=1S/C27H22ClN3O3/c1-3-17(2)33-23-11-7-4-8-18(23)16-29-31-26(30-22-10-6-5-9-21(22)27(31)32)25-15-19-14-20(28)12-13-24(19)34-25/h4-17H,3H2,1-2H3/t17-/m1/s1. The van der Waals surface area contributed by atoms with Crippen LogP contribution in [0.2, 0.25) is 5.02 Å².